The first-order valence-electron chi connectivity index (χ1n) is 5.64. The lowest BCUT2D eigenvalue weighted by atomic mass is 10.2. The monoisotopic (exact) mass is 237 g/mol. The molecule has 5 nitrogen and oxygen atoms in total. The van der Waals surface area contributed by atoms with Gasteiger partial charge in [-0.2, -0.15) is 20.4 Å². The Kier molecular flexibility index (Phi) is 2.79. The zero-order valence-corrected chi connectivity index (χ0v) is 9.61. The van der Waals surface area contributed by atoms with Gasteiger partial charge in [-0.25, -0.2) is 0 Å². The first-order valence-corrected chi connectivity index (χ1v) is 5.64. The van der Waals surface area contributed by atoms with Crippen LogP contribution in [0.3, 0.4) is 0 Å². The van der Waals surface area contributed by atoms with E-state index in [1.165, 1.54) is 0 Å². The summed E-state index contributed by atoms with van der Waals surface area (Å²) in [7, 11) is 0. The van der Waals surface area contributed by atoms with Crippen molar-refractivity contribution in [3.63, 3.8) is 0 Å². The Labute approximate surface area is 104 Å². The van der Waals surface area contributed by atoms with Crippen LogP contribution in [0.5, 0.6) is 0 Å². The van der Waals surface area contributed by atoms with Gasteiger partial charge in [-0.05, 0) is 18.2 Å². The van der Waals surface area contributed by atoms with Crippen molar-refractivity contribution in [1.29, 1.82) is 0 Å². The van der Waals surface area contributed by atoms with Gasteiger partial charge in [-0.15, -0.1) is 0 Å². The van der Waals surface area contributed by atoms with Crippen LogP contribution < -0.4 is 5.32 Å². The van der Waals surface area contributed by atoms with Gasteiger partial charge in [0.15, 0.2) is 0 Å². The van der Waals surface area contributed by atoms with Crippen LogP contribution in [0.4, 0.5) is 5.69 Å². The zero-order chi connectivity index (χ0) is 12.2. The van der Waals surface area contributed by atoms with Gasteiger partial charge in [0.05, 0.1) is 29.6 Å². The van der Waals surface area contributed by atoms with Crippen LogP contribution in [0.2, 0.25) is 0 Å². The molecule has 18 heavy (non-hydrogen) atoms. The summed E-state index contributed by atoms with van der Waals surface area (Å²) in [4.78, 5) is 0. The van der Waals surface area contributed by atoms with E-state index in [2.05, 4.69) is 25.7 Å². The Hall–Kier alpha value is -2.56. The summed E-state index contributed by atoms with van der Waals surface area (Å²) < 4.78 is 0. The average molecular weight is 237 g/mol. The lowest BCUT2D eigenvalue weighted by Crippen LogP contribution is -2.03. The molecular weight excluding hydrogens is 226 g/mol. The van der Waals surface area contributed by atoms with Gasteiger partial charge < -0.3 is 5.32 Å². The van der Waals surface area contributed by atoms with E-state index in [9.17, 15) is 0 Å². The number of aromatic nitrogens is 4. The van der Waals surface area contributed by atoms with Crippen molar-refractivity contribution in [2.24, 2.45) is 0 Å². The molecule has 88 valence electrons. The molecule has 5 heteroatoms. The highest BCUT2D eigenvalue weighted by Crippen LogP contribution is 2.19. The number of hydrogen-bond donors (Lipinski definition) is 1. The molecule has 1 aromatic carbocycles. The molecule has 3 aromatic rings. The number of anilines is 1. The summed E-state index contributed by atoms with van der Waals surface area (Å²) >= 11 is 0. The Morgan fingerprint density at radius 1 is 0.944 bits per heavy atom. The third-order valence-corrected chi connectivity index (χ3v) is 2.63. The van der Waals surface area contributed by atoms with Crippen LogP contribution in [0.1, 0.15) is 5.69 Å². The summed E-state index contributed by atoms with van der Waals surface area (Å²) in [6, 6.07) is 11.7. The minimum absolute atomic E-state index is 0.615. The highest BCUT2D eigenvalue weighted by molar-refractivity contribution is 5.90. The number of hydrogen-bond acceptors (Lipinski definition) is 5. The zero-order valence-electron chi connectivity index (χ0n) is 9.61. The maximum absolute atomic E-state index is 4.08. The lowest BCUT2D eigenvalue weighted by molar-refractivity contribution is 0.923. The summed E-state index contributed by atoms with van der Waals surface area (Å²) in [6.07, 6.45) is 3.38. The summed E-state index contributed by atoms with van der Waals surface area (Å²) in [6.45, 7) is 0.615. The van der Waals surface area contributed by atoms with Crippen molar-refractivity contribution in [3.8, 4) is 0 Å². The van der Waals surface area contributed by atoms with E-state index in [-0.39, 0.29) is 0 Å². The van der Waals surface area contributed by atoms with Gasteiger partial charge in [0, 0.05) is 11.6 Å². The molecule has 3 rings (SSSR count). The molecule has 0 aliphatic carbocycles. The smallest absolute Gasteiger partial charge is 0.0950 e. The van der Waals surface area contributed by atoms with Crippen LogP contribution in [-0.4, -0.2) is 20.4 Å². The summed E-state index contributed by atoms with van der Waals surface area (Å²) in [5.74, 6) is 0. The van der Waals surface area contributed by atoms with Crippen molar-refractivity contribution in [1.82, 2.24) is 20.4 Å². The van der Waals surface area contributed by atoms with E-state index in [0.29, 0.717) is 6.54 Å². The molecule has 2 aromatic heterocycles. The number of fused-ring (bicyclic) bond motifs is 1. The van der Waals surface area contributed by atoms with E-state index in [1.807, 2.05) is 36.4 Å². The third kappa shape index (κ3) is 2.10. The van der Waals surface area contributed by atoms with Crippen molar-refractivity contribution in [2.45, 2.75) is 6.54 Å². The Morgan fingerprint density at radius 2 is 1.89 bits per heavy atom. The van der Waals surface area contributed by atoms with E-state index in [0.717, 1.165) is 22.3 Å². The van der Waals surface area contributed by atoms with Crippen LogP contribution in [0.25, 0.3) is 10.9 Å². The van der Waals surface area contributed by atoms with Gasteiger partial charge in [0.2, 0.25) is 0 Å². The van der Waals surface area contributed by atoms with Crippen molar-refractivity contribution >= 4 is 16.6 Å². The topological polar surface area (TPSA) is 63.6 Å². The molecule has 0 amide bonds. The van der Waals surface area contributed by atoms with E-state index in [4.69, 9.17) is 0 Å². The second-order valence-electron chi connectivity index (χ2n) is 3.84. The molecule has 0 spiro atoms. The fourth-order valence-corrected chi connectivity index (χ4v) is 1.76. The quantitative estimate of drug-likeness (QED) is 0.755. The van der Waals surface area contributed by atoms with Crippen LogP contribution >= 0.6 is 0 Å². The predicted molar refractivity (Wildman–Crippen MR) is 68.9 cm³/mol. The third-order valence-electron chi connectivity index (χ3n) is 2.63. The minimum Gasteiger partial charge on any atom is -0.377 e. The Morgan fingerprint density at radius 3 is 2.78 bits per heavy atom. The van der Waals surface area contributed by atoms with Crippen LogP contribution in [0.15, 0.2) is 48.8 Å². The second-order valence-corrected chi connectivity index (χ2v) is 3.84. The summed E-state index contributed by atoms with van der Waals surface area (Å²) in [5.41, 5.74) is 2.71. The van der Waals surface area contributed by atoms with Crippen LogP contribution in [0, 0.1) is 0 Å². The number of rotatable bonds is 3. The van der Waals surface area contributed by atoms with Crippen molar-refractivity contribution < 1.29 is 0 Å². The van der Waals surface area contributed by atoms with Crippen molar-refractivity contribution in [2.75, 3.05) is 5.32 Å². The van der Waals surface area contributed by atoms with Crippen LogP contribution in [-0.2, 0) is 6.54 Å². The fourth-order valence-electron chi connectivity index (χ4n) is 1.76. The summed E-state index contributed by atoms with van der Waals surface area (Å²) in [5, 5.41) is 20.3. The van der Waals surface area contributed by atoms with Gasteiger partial charge >= 0.3 is 0 Å². The molecular formula is C13H11N5. The lowest BCUT2D eigenvalue weighted by Gasteiger charge is -2.07. The molecule has 2 heterocycles. The maximum Gasteiger partial charge on any atom is 0.0950 e. The first kappa shape index (κ1) is 10.6. The fraction of sp³-hybridized carbons (Fsp3) is 0.0769. The van der Waals surface area contributed by atoms with E-state index in [1.54, 1.807) is 12.4 Å². The molecule has 0 radical (unpaired) electrons. The Bertz CT molecular complexity index is 648. The molecule has 0 saturated carbocycles. The van der Waals surface area contributed by atoms with E-state index < -0.39 is 0 Å². The number of nitrogens with zero attached hydrogens (tertiary/aromatic N) is 4. The molecule has 0 aliphatic rings. The van der Waals surface area contributed by atoms with Crippen molar-refractivity contribution in [3.05, 3.63) is 54.5 Å². The largest absolute Gasteiger partial charge is 0.377 e. The molecule has 0 bridgehead atoms. The molecule has 0 saturated heterocycles. The molecule has 0 aliphatic heterocycles. The van der Waals surface area contributed by atoms with E-state index >= 15 is 0 Å². The Balaban J connectivity index is 1.87. The van der Waals surface area contributed by atoms with Gasteiger partial charge in [0.25, 0.3) is 0 Å². The number of benzene rings is 1. The molecule has 0 fully saturated rings. The molecule has 1 N–H and O–H groups in total. The molecule has 0 unspecified atom stereocenters. The van der Waals surface area contributed by atoms with Gasteiger partial charge in [-0.1, -0.05) is 18.2 Å². The average Bonchev–Trinajstić information content (AvgIpc) is 2.46. The standard InChI is InChI=1S/C13H11N5/c1-2-6-12-11(5-1)13(9-16-18-12)14-8-10-4-3-7-15-17-10/h1-7,9H,8H2,(H,14,18). The van der Waals surface area contributed by atoms with Gasteiger partial charge in [-0.3, -0.25) is 0 Å². The number of nitrogens with one attached hydrogen (secondary N) is 1. The predicted octanol–water partition coefficient (Wildman–Crippen LogP) is 2.03. The maximum atomic E-state index is 4.08. The highest BCUT2D eigenvalue weighted by Gasteiger charge is 2.02. The van der Waals surface area contributed by atoms with Gasteiger partial charge in [0.1, 0.15) is 0 Å². The molecule has 0 atom stereocenters. The highest BCUT2D eigenvalue weighted by atomic mass is 15.1. The first-order chi connectivity index (χ1) is 8.93. The second kappa shape index (κ2) is 4.75. The normalized spacial score (nSPS) is 10.4. The SMILES string of the molecule is c1cnnc(CNc2cnnc3ccccc23)c1. The minimum atomic E-state index is 0.615.